The molecule has 0 aliphatic rings. The van der Waals surface area contributed by atoms with E-state index in [9.17, 15) is 8.42 Å². The van der Waals surface area contributed by atoms with Gasteiger partial charge in [0, 0.05) is 18.5 Å². The van der Waals surface area contributed by atoms with Crippen LogP contribution in [0.3, 0.4) is 0 Å². The molecule has 2 rings (SSSR count). The predicted octanol–water partition coefficient (Wildman–Crippen LogP) is 2.92. The first-order valence-electron chi connectivity index (χ1n) is 6.05. The third-order valence-electron chi connectivity index (χ3n) is 2.95. The van der Waals surface area contributed by atoms with Gasteiger partial charge in [-0.1, -0.05) is 18.2 Å². The number of rotatable bonds is 5. The van der Waals surface area contributed by atoms with Gasteiger partial charge in [-0.3, -0.25) is 0 Å². The van der Waals surface area contributed by atoms with E-state index in [1.54, 1.807) is 36.6 Å². The summed E-state index contributed by atoms with van der Waals surface area (Å²) in [6.07, 6.45) is 0.749. The van der Waals surface area contributed by atoms with Crippen molar-refractivity contribution in [1.29, 1.82) is 0 Å². The van der Waals surface area contributed by atoms with Crippen molar-refractivity contribution in [2.75, 3.05) is 13.6 Å². The maximum Gasteiger partial charge on any atom is 0.242 e. The van der Waals surface area contributed by atoms with Crippen molar-refractivity contribution in [2.24, 2.45) is 0 Å². The Kier molecular flexibility index (Phi) is 4.39. The predicted molar refractivity (Wildman–Crippen MR) is 79.0 cm³/mol. The molecular formula is C14H17NO2S2. The molecule has 0 radical (unpaired) electrons. The number of sulfonamides is 1. The molecule has 2 aromatic rings. The first-order valence-corrected chi connectivity index (χ1v) is 8.37. The summed E-state index contributed by atoms with van der Waals surface area (Å²) >= 11 is 1.65. The van der Waals surface area contributed by atoms with Crippen LogP contribution in [0.1, 0.15) is 10.4 Å². The maximum absolute atomic E-state index is 12.4. The van der Waals surface area contributed by atoms with Gasteiger partial charge in [-0.05, 0) is 42.5 Å². The number of hydrogen-bond donors (Lipinski definition) is 0. The molecular weight excluding hydrogens is 278 g/mol. The van der Waals surface area contributed by atoms with Crippen molar-refractivity contribution < 1.29 is 8.42 Å². The summed E-state index contributed by atoms with van der Waals surface area (Å²) in [5, 5.41) is 2.00. The monoisotopic (exact) mass is 295 g/mol. The molecule has 0 N–H and O–H groups in total. The second kappa shape index (κ2) is 5.86. The largest absolute Gasteiger partial charge is 0.242 e. The molecule has 5 heteroatoms. The minimum atomic E-state index is -3.38. The number of thiophene rings is 1. The van der Waals surface area contributed by atoms with Crippen LogP contribution in [0.5, 0.6) is 0 Å². The molecule has 102 valence electrons. The van der Waals surface area contributed by atoms with Crippen LogP contribution in [-0.2, 0) is 16.4 Å². The van der Waals surface area contributed by atoms with Crippen LogP contribution in [0.2, 0.25) is 0 Å². The molecule has 0 bridgehead atoms. The normalized spacial score (nSPS) is 11.9. The lowest BCUT2D eigenvalue weighted by molar-refractivity contribution is 0.473. The van der Waals surface area contributed by atoms with E-state index in [-0.39, 0.29) is 0 Å². The minimum Gasteiger partial charge on any atom is -0.207 e. The second-order valence-electron chi connectivity index (χ2n) is 4.47. The van der Waals surface area contributed by atoms with E-state index in [0.29, 0.717) is 11.4 Å². The van der Waals surface area contributed by atoms with Crippen LogP contribution < -0.4 is 0 Å². The molecule has 1 aromatic heterocycles. The average Bonchev–Trinajstić information content (AvgIpc) is 2.89. The molecule has 0 amide bonds. The second-order valence-corrected chi connectivity index (χ2v) is 7.55. The number of nitrogens with zero attached hydrogens (tertiary/aromatic N) is 1. The SMILES string of the molecule is Cc1cccc(S(=O)(=O)N(C)CCc2cccs2)c1. The fourth-order valence-electron chi connectivity index (χ4n) is 1.80. The highest BCUT2D eigenvalue weighted by molar-refractivity contribution is 7.89. The highest BCUT2D eigenvalue weighted by Gasteiger charge is 2.20. The summed E-state index contributed by atoms with van der Waals surface area (Å²) in [5.41, 5.74) is 0.952. The zero-order chi connectivity index (χ0) is 13.9. The Morgan fingerprint density at radius 3 is 2.63 bits per heavy atom. The topological polar surface area (TPSA) is 37.4 Å². The third-order valence-corrected chi connectivity index (χ3v) is 5.74. The molecule has 0 aliphatic carbocycles. The van der Waals surface area contributed by atoms with Gasteiger partial charge in [0.1, 0.15) is 0 Å². The van der Waals surface area contributed by atoms with E-state index in [0.717, 1.165) is 12.0 Å². The van der Waals surface area contributed by atoms with E-state index < -0.39 is 10.0 Å². The minimum absolute atomic E-state index is 0.362. The van der Waals surface area contributed by atoms with Crippen molar-refractivity contribution in [3.05, 3.63) is 52.2 Å². The lowest BCUT2D eigenvalue weighted by atomic mass is 10.2. The average molecular weight is 295 g/mol. The fourth-order valence-corrected chi connectivity index (χ4v) is 3.77. The van der Waals surface area contributed by atoms with Crippen molar-refractivity contribution in [1.82, 2.24) is 4.31 Å². The summed E-state index contributed by atoms with van der Waals surface area (Å²) < 4.78 is 26.2. The molecule has 0 fully saturated rings. The van der Waals surface area contributed by atoms with Gasteiger partial charge in [0.15, 0.2) is 0 Å². The van der Waals surface area contributed by atoms with Gasteiger partial charge >= 0.3 is 0 Å². The Bertz CT molecular complexity index is 633. The zero-order valence-corrected chi connectivity index (χ0v) is 12.7. The van der Waals surface area contributed by atoms with E-state index >= 15 is 0 Å². The Labute approximate surface area is 118 Å². The van der Waals surface area contributed by atoms with E-state index in [4.69, 9.17) is 0 Å². The van der Waals surface area contributed by atoms with Gasteiger partial charge in [0.25, 0.3) is 0 Å². The molecule has 0 atom stereocenters. The van der Waals surface area contributed by atoms with Gasteiger partial charge in [0.2, 0.25) is 10.0 Å². The van der Waals surface area contributed by atoms with Crippen LogP contribution in [0, 0.1) is 6.92 Å². The highest BCUT2D eigenvalue weighted by Crippen LogP contribution is 2.17. The lowest BCUT2D eigenvalue weighted by Crippen LogP contribution is -2.28. The molecule has 1 heterocycles. The molecule has 1 aromatic carbocycles. The Morgan fingerprint density at radius 1 is 1.21 bits per heavy atom. The summed E-state index contributed by atoms with van der Waals surface area (Å²) in [6, 6.07) is 11.0. The van der Waals surface area contributed by atoms with E-state index in [1.807, 2.05) is 30.5 Å². The van der Waals surface area contributed by atoms with Crippen LogP contribution in [0.4, 0.5) is 0 Å². The lowest BCUT2D eigenvalue weighted by Gasteiger charge is -2.17. The molecule has 0 spiro atoms. The third kappa shape index (κ3) is 3.43. The zero-order valence-electron chi connectivity index (χ0n) is 11.0. The smallest absolute Gasteiger partial charge is 0.207 e. The van der Waals surface area contributed by atoms with E-state index in [1.165, 1.54) is 9.18 Å². The van der Waals surface area contributed by atoms with Gasteiger partial charge in [-0.15, -0.1) is 11.3 Å². The number of hydrogen-bond acceptors (Lipinski definition) is 3. The molecule has 0 saturated heterocycles. The maximum atomic E-state index is 12.4. The van der Waals surface area contributed by atoms with Crippen LogP contribution in [0.25, 0.3) is 0 Å². The van der Waals surface area contributed by atoms with Gasteiger partial charge in [0.05, 0.1) is 4.90 Å². The van der Waals surface area contributed by atoms with Crippen molar-refractivity contribution >= 4 is 21.4 Å². The van der Waals surface area contributed by atoms with Crippen molar-refractivity contribution in [3.63, 3.8) is 0 Å². The Morgan fingerprint density at radius 2 is 2.00 bits per heavy atom. The van der Waals surface area contributed by atoms with Crippen molar-refractivity contribution in [2.45, 2.75) is 18.2 Å². The summed E-state index contributed by atoms with van der Waals surface area (Å²) in [7, 11) is -1.75. The molecule has 19 heavy (non-hydrogen) atoms. The molecule has 0 unspecified atom stereocenters. The van der Waals surface area contributed by atoms with Crippen molar-refractivity contribution in [3.8, 4) is 0 Å². The van der Waals surface area contributed by atoms with Gasteiger partial charge in [-0.25, -0.2) is 12.7 Å². The van der Waals surface area contributed by atoms with Crippen LogP contribution in [-0.4, -0.2) is 26.3 Å². The van der Waals surface area contributed by atoms with Crippen LogP contribution >= 0.6 is 11.3 Å². The number of likely N-dealkylation sites (N-methyl/N-ethyl adjacent to an activating group) is 1. The van der Waals surface area contributed by atoms with Crippen LogP contribution in [0.15, 0.2) is 46.7 Å². The number of benzene rings is 1. The summed E-state index contributed by atoms with van der Waals surface area (Å²) in [5.74, 6) is 0. The quantitative estimate of drug-likeness (QED) is 0.850. The summed E-state index contributed by atoms with van der Waals surface area (Å²) in [4.78, 5) is 1.56. The van der Waals surface area contributed by atoms with Gasteiger partial charge < -0.3 is 0 Å². The first kappa shape index (κ1) is 14.2. The number of aryl methyl sites for hydroxylation is 1. The molecule has 0 aliphatic heterocycles. The van der Waals surface area contributed by atoms with Gasteiger partial charge in [-0.2, -0.15) is 0 Å². The first-order chi connectivity index (χ1) is 9.00. The Balaban J connectivity index is 2.11. The van der Waals surface area contributed by atoms with E-state index in [2.05, 4.69) is 0 Å². The standard InChI is InChI=1S/C14H17NO2S2/c1-12-5-3-7-14(11-12)19(16,17)15(2)9-8-13-6-4-10-18-13/h3-7,10-11H,8-9H2,1-2H3. The summed E-state index contributed by atoms with van der Waals surface area (Å²) in [6.45, 7) is 2.39. The Hall–Kier alpha value is -1.17. The molecule has 0 saturated carbocycles. The highest BCUT2D eigenvalue weighted by atomic mass is 32.2. The fraction of sp³-hybridized carbons (Fsp3) is 0.286. The molecule has 3 nitrogen and oxygen atoms in total.